The van der Waals surface area contributed by atoms with Gasteiger partial charge in [0.05, 0.1) is 4.92 Å². The molecule has 6 nitrogen and oxygen atoms in total. The number of fused-ring (bicyclic) bond motifs is 2. The van der Waals surface area contributed by atoms with Crippen LogP contribution in [0.4, 0.5) is 5.69 Å². The van der Waals surface area contributed by atoms with Crippen LogP contribution >= 0.6 is 0 Å². The van der Waals surface area contributed by atoms with Crippen molar-refractivity contribution in [3.8, 4) is 0 Å². The first kappa shape index (κ1) is 14.7. The largest absolute Gasteiger partial charge is 0.271 e. The van der Waals surface area contributed by atoms with Crippen LogP contribution in [0.25, 0.3) is 0 Å². The van der Waals surface area contributed by atoms with E-state index in [4.69, 9.17) is 0 Å². The molecule has 0 unspecified atom stereocenters. The van der Waals surface area contributed by atoms with Crippen molar-refractivity contribution in [2.75, 3.05) is 0 Å². The molecule has 6 heteroatoms. The summed E-state index contributed by atoms with van der Waals surface area (Å²) in [7, 11) is 0. The molecule has 3 rings (SSSR count). The molecule has 0 aromatic heterocycles. The fraction of sp³-hybridized carbons (Fsp3) is 0.500. The Hall–Kier alpha value is -2.24. The minimum absolute atomic E-state index is 0.0294. The zero-order valence-corrected chi connectivity index (χ0v) is 12.5. The summed E-state index contributed by atoms with van der Waals surface area (Å²) in [5.41, 5.74) is 3.89. The Morgan fingerprint density at radius 1 is 1.27 bits per heavy atom. The summed E-state index contributed by atoms with van der Waals surface area (Å²) in [4.78, 5) is 22.1. The molecule has 1 aromatic carbocycles. The first-order valence-electron chi connectivity index (χ1n) is 7.63. The van der Waals surface area contributed by atoms with Gasteiger partial charge in [-0.3, -0.25) is 14.9 Å². The highest BCUT2D eigenvalue weighted by Gasteiger charge is 2.40. The quantitative estimate of drug-likeness (QED) is 0.526. The van der Waals surface area contributed by atoms with Gasteiger partial charge < -0.3 is 0 Å². The van der Waals surface area contributed by atoms with Crippen LogP contribution in [0.5, 0.6) is 0 Å². The molecule has 22 heavy (non-hydrogen) atoms. The van der Waals surface area contributed by atoms with Crippen LogP contribution in [0.15, 0.2) is 29.4 Å². The number of non-ortho nitro benzene ring substituents is 1. The third-order valence-electron chi connectivity index (χ3n) is 4.95. The van der Waals surface area contributed by atoms with Crippen LogP contribution in [0.3, 0.4) is 0 Å². The van der Waals surface area contributed by atoms with Crippen molar-refractivity contribution < 1.29 is 9.72 Å². The maximum absolute atomic E-state index is 12.0. The maximum Gasteiger partial charge on any atom is 0.271 e. The lowest BCUT2D eigenvalue weighted by Crippen LogP contribution is -2.24. The van der Waals surface area contributed by atoms with Crippen LogP contribution in [0.2, 0.25) is 0 Å². The van der Waals surface area contributed by atoms with E-state index in [1.54, 1.807) is 0 Å². The lowest BCUT2D eigenvalue weighted by atomic mass is 9.86. The minimum Gasteiger partial charge on any atom is -0.267 e. The monoisotopic (exact) mass is 301 g/mol. The van der Waals surface area contributed by atoms with Gasteiger partial charge in [0.25, 0.3) is 11.6 Å². The summed E-state index contributed by atoms with van der Waals surface area (Å²) in [6, 6.07) is 5.52. The van der Waals surface area contributed by atoms with E-state index in [-0.39, 0.29) is 11.6 Å². The van der Waals surface area contributed by atoms with Crippen LogP contribution in [-0.2, 0) is 0 Å². The highest BCUT2D eigenvalue weighted by Crippen LogP contribution is 2.48. The lowest BCUT2D eigenvalue weighted by molar-refractivity contribution is -0.384. The molecular formula is C16H19N3O3. The molecule has 1 amide bonds. The molecular weight excluding hydrogens is 282 g/mol. The predicted molar refractivity (Wildman–Crippen MR) is 82.6 cm³/mol. The Bertz CT molecular complexity index is 624. The molecule has 2 aliphatic rings. The van der Waals surface area contributed by atoms with Crippen molar-refractivity contribution >= 4 is 17.3 Å². The van der Waals surface area contributed by atoms with Crippen LogP contribution < -0.4 is 5.43 Å². The number of hydrogen-bond acceptors (Lipinski definition) is 4. The average Bonchev–Trinajstić information content (AvgIpc) is 3.15. The van der Waals surface area contributed by atoms with E-state index >= 15 is 0 Å². The molecule has 0 saturated heterocycles. The fourth-order valence-corrected chi connectivity index (χ4v) is 3.78. The number of nitrogens with zero attached hydrogens (tertiary/aromatic N) is 2. The smallest absolute Gasteiger partial charge is 0.267 e. The second-order valence-corrected chi connectivity index (χ2v) is 6.28. The molecule has 1 aromatic rings. The van der Waals surface area contributed by atoms with E-state index in [1.807, 2.05) is 6.92 Å². The summed E-state index contributed by atoms with van der Waals surface area (Å²) in [5.74, 6) is 1.73. The number of nitro groups is 1. The first-order valence-corrected chi connectivity index (χ1v) is 7.63. The van der Waals surface area contributed by atoms with Crippen molar-refractivity contribution in [2.45, 2.75) is 32.6 Å². The van der Waals surface area contributed by atoms with E-state index in [2.05, 4.69) is 10.5 Å². The topological polar surface area (TPSA) is 84.6 Å². The summed E-state index contributed by atoms with van der Waals surface area (Å²) in [5, 5.41) is 14.8. The zero-order chi connectivity index (χ0) is 15.7. The normalized spacial score (nSPS) is 27.0. The Morgan fingerprint density at radius 2 is 2.00 bits per heavy atom. The van der Waals surface area contributed by atoms with Gasteiger partial charge in [-0.05, 0) is 50.2 Å². The van der Waals surface area contributed by atoms with Crippen molar-refractivity contribution in [3.05, 3.63) is 39.9 Å². The highest BCUT2D eigenvalue weighted by atomic mass is 16.6. The van der Waals surface area contributed by atoms with E-state index in [0.29, 0.717) is 11.5 Å². The fourth-order valence-electron chi connectivity index (χ4n) is 3.78. The minimum atomic E-state index is -0.487. The summed E-state index contributed by atoms with van der Waals surface area (Å²) >= 11 is 0. The number of hydrazone groups is 1. The Balaban J connectivity index is 1.61. The summed E-state index contributed by atoms with van der Waals surface area (Å²) in [6.07, 6.45) is 5.10. The van der Waals surface area contributed by atoms with Crippen LogP contribution in [-0.4, -0.2) is 16.5 Å². The number of benzene rings is 1. The lowest BCUT2D eigenvalue weighted by Gasteiger charge is -2.21. The Morgan fingerprint density at radius 3 is 2.55 bits per heavy atom. The van der Waals surface area contributed by atoms with Crippen LogP contribution in [0.1, 0.15) is 43.0 Å². The average molecular weight is 301 g/mol. The first-order chi connectivity index (χ1) is 10.5. The molecule has 1 N–H and O–H groups in total. The number of carbonyl (C=O) groups is 1. The van der Waals surface area contributed by atoms with Gasteiger partial charge in [0.15, 0.2) is 0 Å². The van der Waals surface area contributed by atoms with Crippen LogP contribution in [0, 0.1) is 27.9 Å². The number of carbonyl (C=O) groups excluding carboxylic acids is 1. The van der Waals surface area contributed by atoms with Gasteiger partial charge in [-0.1, -0.05) is 6.42 Å². The van der Waals surface area contributed by atoms with Gasteiger partial charge in [0.1, 0.15) is 0 Å². The van der Waals surface area contributed by atoms with Gasteiger partial charge in [-0.2, -0.15) is 5.10 Å². The summed E-state index contributed by atoms with van der Waals surface area (Å²) in [6.45, 7) is 1.97. The van der Waals surface area contributed by atoms with Gasteiger partial charge in [0, 0.05) is 29.3 Å². The maximum atomic E-state index is 12.0. The number of nitro benzene ring substituents is 1. The number of nitrogens with one attached hydrogen (secondary N) is 1. The molecule has 3 atom stereocenters. The van der Waals surface area contributed by atoms with Crippen molar-refractivity contribution in [1.82, 2.24) is 5.43 Å². The highest BCUT2D eigenvalue weighted by molar-refractivity contribution is 5.95. The Kier molecular flexibility index (Phi) is 3.92. The molecule has 0 heterocycles. The van der Waals surface area contributed by atoms with E-state index < -0.39 is 4.92 Å². The second-order valence-electron chi connectivity index (χ2n) is 6.28. The third kappa shape index (κ3) is 2.86. The number of rotatable bonds is 4. The van der Waals surface area contributed by atoms with Gasteiger partial charge >= 0.3 is 0 Å². The molecule has 2 saturated carbocycles. The standard InChI is InChI=1S/C16H19N3O3/c1-10(15-9-11-2-3-13(15)8-11)17-18-16(20)12-4-6-14(7-5-12)19(21)22/h4-7,11,13,15H,2-3,8-9H2,1H3,(H,18,20)/b17-10-/t11-,13-,15-/m1/s1. The van der Waals surface area contributed by atoms with Gasteiger partial charge in [-0.25, -0.2) is 5.43 Å². The van der Waals surface area contributed by atoms with Crippen molar-refractivity contribution in [1.29, 1.82) is 0 Å². The van der Waals surface area contributed by atoms with E-state index in [1.165, 1.54) is 49.9 Å². The second kappa shape index (κ2) is 5.87. The van der Waals surface area contributed by atoms with Gasteiger partial charge in [-0.15, -0.1) is 0 Å². The zero-order valence-electron chi connectivity index (χ0n) is 12.5. The molecule has 0 spiro atoms. The van der Waals surface area contributed by atoms with E-state index in [0.717, 1.165) is 17.5 Å². The molecule has 0 radical (unpaired) electrons. The summed E-state index contributed by atoms with van der Waals surface area (Å²) < 4.78 is 0. The van der Waals surface area contributed by atoms with E-state index in [9.17, 15) is 14.9 Å². The number of hydrogen-bond donors (Lipinski definition) is 1. The Labute approximate surface area is 128 Å². The molecule has 2 aliphatic carbocycles. The SMILES string of the molecule is C/C(=N/NC(=O)c1ccc([N+](=O)[O-])cc1)[C@H]1C[C@@H]2CC[C@@H]1C2. The molecule has 2 bridgehead atoms. The van der Waals surface area contributed by atoms with Gasteiger partial charge in [0.2, 0.25) is 0 Å². The predicted octanol–water partition coefficient (Wildman–Crippen LogP) is 3.14. The third-order valence-corrected chi connectivity index (χ3v) is 4.95. The number of amides is 1. The molecule has 116 valence electrons. The molecule has 2 fully saturated rings. The molecule has 0 aliphatic heterocycles. The van der Waals surface area contributed by atoms with Crippen molar-refractivity contribution in [3.63, 3.8) is 0 Å². The van der Waals surface area contributed by atoms with Crippen molar-refractivity contribution in [2.24, 2.45) is 22.9 Å².